The smallest absolute Gasteiger partial charge is 0.265 e. The summed E-state index contributed by atoms with van der Waals surface area (Å²) >= 11 is 6.60. The van der Waals surface area contributed by atoms with Crippen LogP contribution in [0.5, 0.6) is 0 Å². The number of hydrogen-bond donors (Lipinski definition) is 2. The minimum atomic E-state index is -3.74. The lowest BCUT2D eigenvalue weighted by atomic mass is 10.3. The number of anilines is 2. The Hall–Kier alpha value is -1.19. The molecule has 6 nitrogen and oxygen atoms in total. The van der Waals surface area contributed by atoms with Crippen LogP contribution in [0, 0.1) is 0 Å². The molecule has 0 atom stereocenters. The van der Waals surface area contributed by atoms with Gasteiger partial charge in [0.25, 0.3) is 10.0 Å². The topological polar surface area (TPSA) is 84.0 Å². The van der Waals surface area contributed by atoms with Crippen molar-refractivity contribution < 1.29 is 8.42 Å². The third-order valence-corrected chi connectivity index (χ3v) is 4.95. The second-order valence-electron chi connectivity index (χ2n) is 4.00. The Labute approximate surface area is 139 Å². The second-order valence-corrected chi connectivity index (χ2v) is 7.45. The van der Waals surface area contributed by atoms with Crippen LogP contribution in [0.1, 0.15) is 6.92 Å². The van der Waals surface area contributed by atoms with Crippen molar-refractivity contribution in [2.24, 2.45) is 0 Å². The number of halogens is 2. The van der Waals surface area contributed by atoms with Crippen LogP contribution in [-0.2, 0) is 10.0 Å². The summed E-state index contributed by atoms with van der Waals surface area (Å²) in [6, 6.07) is 5.21. The van der Waals surface area contributed by atoms with Crippen LogP contribution < -0.4 is 10.0 Å². The molecule has 0 unspecified atom stereocenters. The maximum absolute atomic E-state index is 12.3. The zero-order valence-electron chi connectivity index (χ0n) is 11.0. The van der Waals surface area contributed by atoms with Gasteiger partial charge in [0.15, 0.2) is 0 Å². The van der Waals surface area contributed by atoms with Gasteiger partial charge in [-0.1, -0.05) is 15.9 Å². The van der Waals surface area contributed by atoms with Crippen LogP contribution in [-0.4, -0.2) is 24.9 Å². The summed E-state index contributed by atoms with van der Waals surface area (Å²) in [6.07, 6.45) is 2.53. The van der Waals surface area contributed by atoms with Gasteiger partial charge < -0.3 is 5.32 Å². The lowest BCUT2D eigenvalue weighted by Crippen LogP contribution is -2.14. The number of nitrogens with one attached hydrogen (secondary N) is 2. The van der Waals surface area contributed by atoms with Gasteiger partial charge in [0.05, 0.1) is 18.1 Å². The van der Waals surface area contributed by atoms with E-state index in [9.17, 15) is 8.42 Å². The predicted molar refractivity (Wildman–Crippen MR) is 88.8 cm³/mol. The summed E-state index contributed by atoms with van der Waals surface area (Å²) in [5.41, 5.74) is 0.431. The van der Waals surface area contributed by atoms with Gasteiger partial charge in [-0.05, 0) is 41.1 Å². The standard InChI is InChI=1S/C12H12Br2N4O2S/c1-2-15-12-16-6-9(7-17-12)21(19,20)18-11-5-8(13)3-4-10(11)14/h3-7,18H,2H2,1H3,(H,15,16,17). The number of rotatable bonds is 5. The largest absolute Gasteiger partial charge is 0.355 e. The SMILES string of the molecule is CCNc1ncc(S(=O)(=O)Nc2cc(Br)ccc2Br)cn1. The van der Waals surface area contributed by atoms with Crippen LogP contribution in [0.4, 0.5) is 11.6 Å². The van der Waals surface area contributed by atoms with Gasteiger partial charge in [-0.2, -0.15) is 0 Å². The number of hydrogen-bond acceptors (Lipinski definition) is 5. The monoisotopic (exact) mass is 434 g/mol. The van der Waals surface area contributed by atoms with Gasteiger partial charge >= 0.3 is 0 Å². The van der Waals surface area contributed by atoms with E-state index in [4.69, 9.17) is 0 Å². The Bertz CT molecular complexity index is 735. The van der Waals surface area contributed by atoms with Gasteiger partial charge in [-0.3, -0.25) is 4.72 Å². The van der Waals surface area contributed by atoms with E-state index in [1.54, 1.807) is 18.2 Å². The molecular weight excluding hydrogens is 424 g/mol. The summed E-state index contributed by atoms with van der Waals surface area (Å²) < 4.78 is 28.5. The molecule has 1 aromatic carbocycles. The highest BCUT2D eigenvalue weighted by Crippen LogP contribution is 2.28. The zero-order valence-corrected chi connectivity index (χ0v) is 15.0. The van der Waals surface area contributed by atoms with E-state index in [1.807, 2.05) is 6.92 Å². The summed E-state index contributed by atoms with van der Waals surface area (Å²) in [5, 5.41) is 2.90. The van der Waals surface area contributed by atoms with Gasteiger partial charge in [-0.25, -0.2) is 18.4 Å². The number of aromatic nitrogens is 2. The van der Waals surface area contributed by atoms with E-state index in [1.165, 1.54) is 12.4 Å². The number of nitrogens with zero attached hydrogens (tertiary/aromatic N) is 2. The highest BCUT2D eigenvalue weighted by atomic mass is 79.9. The van der Waals surface area contributed by atoms with E-state index in [0.29, 0.717) is 22.7 Å². The third kappa shape index (κ3) is 4.14. The Morgan fingerprint density at radius 2 is 1.86 bits per heavy atom. The molecular formula is C12H12Br2N4O2S. The molecule has 0 aliphatic heterocycles. The fourth-order valence-electron chi connectivity index (χ4n) is 1.48. The van der Waals surface area contributed by atoms with Crippen molar-refractivity contribution in [3.63, 3.8) is 0 Å². The average Bonchev–Trinajstić information content (AvgIpc) is 2.44. The minimum Gasteiger partial charge on any atom is -0.355 e. The van der Waals surface area contributed by atoms with Crippen LogP contribution in [0.2, 0.25) is 0 Å². The molecule has 2 rings (SSSR count). The molecule has 0 amide bonds. The molecule has 0 fully saturated rings. The molecule has 2 N–H and O–H groups in total. The van der Waals surface area contributed by atoms with E-state index >= 15 is 0 Å². The van der Waals surface area contributed by atoms with Crippen LogP contribution >= 0.6 is 31.9 Å². The number of sulfonamides is 1. The molecule has 0 saturated heterocycles. The van der Waals surface area contributed by atoms with Crippen molar-refractivity contribution in [2.75, 3.05) is 16.6 Å². The zero-order chi connectivity index (χ0) is 15.5. The van der Waals surface area contributed by atoms with Gasteiger partial charge in [0.2, 0.25) is 5.95 Å². The first-order valence-corrected chi connectivity index (χ1v) is 9.03. The molecule has 0 aliphatic rings. The first-order valence-electron chi connectivity index (χ1n) is 5.96. The highest BCUT2D eigenvalue weighted by molar-refractivity contribution is 9.11. The van der Waals surface area contributed by atoms with Gasteiger partial charge in [-0.15, -0.1) is 0 Å². The molecule has 2 aromatic rings. The Morgan fingerprint density at radius 1 is 1.19 bits per heavy atom. The highest BCUT2D eigenvalue weighted by Gasteiger charge is 2.17. The van der Waals surface area contributed by atoms with Crippen molar-refractivity contribution in [3.05, 3.63) is 39.5 Å². The van der Waals surface area contributed by atoms with E-state index in [0.717, 1.165) is 4.47 Å². The molecule has 0 bridgehead atoms. The first kappa shape index (κ1) is 16.2. The van der Waals surface area contributed by atoms with Gasteiger partial charge in [0.1, 0.15) is 4.90 Å². The summed E-state index contributed by atoms with van der Waals surface area (Å²) in [6.45, 7) is 2.57. The predicted octanol–water partition coefficient (Wildman–Crippen LogP) is 3.23. The van der Waals surface area contributed by atoms with Crippen molar-refractivity contribution in [1.29, 1.82) is 0 Å². The summed E-state index contributed by atoms with van der Waals surface area (Å²) in [5.74, 6) is 0.389. The van der Waals surface area contributed by atoms with Crippen molar-refractivity contribution in [1.82, 2.24) is 9.97 Å². The fourth-order valence-corrected chi connectivity index (χ4v) is 3.28. The molecule has 0 aliphatic carbocycles. The maximum Gasteiger partial charge on any atom is 0.265 e. The second kappa shape index (κ2) is 6.71. The van der Waals surface area contributed by atoms with E-state index in [2.05, 4.69) is 51.9 Å². The van der Waals surface area contributed by atoms with E-state index in [-0.39, 0.29) is 4.90 Å². The Kier molecular flexibility index (Phi) is 5.17. The quantitative estimate of drug-likeness (QED) is 0.753. The summed E-state index contributed by atoms with van der Waals surface area (Å²) in [4.78, 5) is 7.90. The van der Waals surface area contributed by atoms with Crippen molar-refractivity contribution >= 4 is 53.5 Å². The van der Waals surface area contributed by atoms with Crippen molar-refractivity contribution in [3.8, 4) is 0 Å². The molecule has 21 heavy (non-hydrogen) atoms. The number of benzene rings is 1. The lowest BCUT2D eigenvalue weighted by Gasteiger charge is -2.10. The van der Waals surface area contributed by atoms with Crippen LogP contribution in [0.3, 0.4) is 0 Å². The van der Waals surface area contributed by atoms with Crippen molar-refractivity contribution in [2.45, 2.75) is 11.8 Å². The van der Waals surface area contributed by atoms with Crippen LogP contribution in [0.25, 0.3) is 0 Å². The van der Waals surface area contributed by atoms with Crippen LogP contribution in [0.15, 0.2) is 44.4 Å². The molecule has 0 spiro atoms. The fraction of sp³-hybridized carbons (Fsp3) is 0.167. The molecule has 1 heterocycles. The lowest BCUT2D eigenvalue weighted by molar-refractivity contribution is 0.600. The Balaban J connectivity index is 2.27. The molecule has 112 valence electrons. The molecule has 1 aromatic heterocycles. The normalized spacial score (nSPS) is 11.2. The van der Waals surface area contributed by atoms with Gasteiger partial charge in [0, 0.05) is 15.5 Å². The first-order chi connectivity index (χ1) is 9.92. The maximum atomic E-state index is 12.3. The van der Waals surface area contributed by atoms with E-state index < -0.39 is 10.0 Å². The third-order valence-electron chi connectivity index (χ3n) is 2.45. The molecule has 9 heteroatoms. The minimum absolute atomic E-state index is 0.00368. The molecule has 0 radical (unpaired) electrons. The summed E-state index contributed by atoms with van der Waals surface area (Å²) in [7, 11) is -3.74. The average molecular weight is 436 g/mol. The molecule has 0 saturated carbocycles. The Morgan fingerprint density at radius 3 is 2.48 bits per heavy atom.